The number of nitrogens with one attached hydrogen (secondary N) is 1. The molecule has 0 spiro atoms. The largest absolute Gasteiger partial charge is 0.359 e. The van der Waals surface area contributed by atoms with E-state index in [9.17, 15) is 0 Å². The highest BCUT2D eigenvalue weighted by Crippen LogP contribution is 2.38. The van der Waals surface area contributed by atoms with Crippen molar-refractivity contribution in [3.8, 4) is 11.3 Å². The minimum Gasteiger partial charge on any atom is -0.359 e. The second kappa shape index (κ2) is 4.71. The fraction of sp³-hybridized carbons (Fsp3) is 0.0500. The van der Waals surface area contributed by atoms with Crippen LogP contribution in [0.15, 0.2) is 79.0 Å². The van der Waals surface area contributed by atoms with E-state index in [1.54, 1.807) is 0 Å². The number of hydrogen-bond donors (Lipinski definition) is 1. The topological polar surface area (TPSA) is 29.9 Å². The number of hydrogen-bond acceptors (Lipinski definition) is 2. The maximum absolute atomic E-state index is 4.87. The molecule has 23 heavy (non-hydrogen) atoms. The van der Waals surface area contributed by atoms with Crippen LogP contribution in [-0.4, -0.2) is 9.55 Å². The highest BCUT2D eigenvalue weighted by Gasteiger charge is 2.24. The molecule has 3 heterocycles. The quantitative estimate of drug-likeness (QED) is 0.553. The van der Waals surface area contributed by atoms with Crippen LogP contribution >= 0.6 is 0 Å². The van der Waals surface area contributed by atoms with Gasteiger partial charge < -0.3 is 9.88 Å². The molecule has 2 aromatic heterocycles. The molecule has 2 aromatic carbocycles. The lowest BCUT2D eigenvalue weighted by atomic mass is 10.1. The molecule has 0 radical (unpaired) electrons. The van der Waals surface area contributed by atoms with Crippen LogP contribution < -0.4 is 5.32 Å². The van der Waals surface area contributed by atoms with Crippen LogP contribution in [0.5, 0.6) is 0 Å². The molecular weight excluding hydrogens is 282 g/mol. The Labute approximate surface area is 134 Å². The second-order valence-corrected chi connectivity index (χ2v) is 5.82. The first-order valence-corrected chi connectivity index (χ1v) is 7.79. The Kier molecular flexibility index (Phi) is 2.56. The normalized spacial score (nSPS) is 15.7. The van der Waals surface area contributed by atoms with E-state index in [0.717, 1.165) is 16.9 Å². The Morgan fingerprint density at radius 2 is 1.70 bits per heavy atom. The molecule has 3 nitrogen and oxygen atoms in total. The van der Waals surface area contributed by atoms with Crippen molar-refractivity contribution in [3.05, 3.63) is 84.7 Å². The van der Waals surface area contributed by atoms with Gasteiger partial charge in [-0.3, -0.25) is 0 Å². The highest BCUT2D eigenvalue weighted by atomic mass is 15.2. The molecular formula is C20H15N3. The fourth-order valence-electron chi connectivity index (χ4n) is 3.35. The summed E-state index contributed by atoms with van der Waals surface area (Å²) in [6, 6.07) is 25.1. The average Bonchev–Trinajstić information content (AvgIpc) is 3.11. The number of fused-ring (bicyclic) bond motifs is 4. The van der Waals surface area contributed by atoms with Crippen molar-refractivity contribution in [1.82, 2.24) is 9.55 Å². The molecule has 4 aromatic rings. The first-order valence-electron chi connectivity index (χ1n) is 7.79. The molecule has 3 heteroatoms. The molecule has 0 saturated heterocycles. The Morgan fingerprint density at radius 1 is 0.826 bits per heavy atom. The van der Waals surface area contributed by atoms with Crippen LogP contribution in [0.25, 0.3) is 22.2 Å². The number of benzene rings is 2. The number of aromatic nitrogens is 2. The zero-order valence-electron chi connectivity index (χ0n) is 12.5. The van der Waals surface area contributed by atoms with Crippen LogP contribution in [0.1, 0.15) is 11.9 Å². The van der Waals surface area contributed by atoms with Gasteiger partial charge in [0.15, 0.2) is 0 Å². The molecule has 0 aliphatic carbocycles. The monoisotopic (exact) mass is 297 g/mol. The van der Waals surface area contributed by atoms with E-state index in [2.05, 4.69) is 76.7 Å². The van der Waals surface area contributed by atoms with Crippen molar-refractivity contribution >= 4 is 16.6 Å². The second-order valence-electron chi connectivity index (χ2n) is 5.82. The summed E-state index contributed by atoms with van der Waals surface area (Å²) in [5.74, 6) is 0. The van der Waals surface area contributed by atoms with Gasteiger partial charge in [0.25, 0.3) is 0 Å². The summed E-state index contributed by atoms with van der Waals surface area (Å²) >= 11 is 0. The SMILES string of the molecule is c1ccc2c(c1)N[C@H](c1ccc3ccccc3n1)n1cccc1-2. The summed E-state index contributed by atoms with van der Waals surface area (Å²) in [5, 5.41) is 4.79. The Morgan fingerprint density at radius 3 is 2.70 bits per heavy atom. The highest BCUT2D eigenvalue weighted by molar-refractivity contribution is 5.80. The molecule has 1 N–H and O–H groups in total. The van der Waals surface area contributed by atoms with E-state index >= 15 is 0 Å². The van der Waals surface area contributed by atoms with Crippen molar-refractivity contribution < 1.29 is 0 Å². The van der Waals surface area contributed by atoms with E-state index in [1.807, 2.05) is 12.1 Å². The number of rotatable bonds is 1. The van der Waals surface area contributed by atoms with Crippen molar-refractivity contribution in [2.24, 2.45) is 0 Å². The van der Waals surface area contributed by atoms with Crippen molar-refractivity contribution in [2.45, 2.75) is 6.17 Å². The molecule has 0 fully saturated rings. The summed E-state index contributed by atoms with van der Waals surface area (Å²) in [5.41, 5.74) is 5.66. The molecule has 5 rings (SSSR count). The Balaban J connectivity index is 1.69. The number of anilines is 1. The maximum atomic E-state index is 4.87. The lowest BCUT2D eigenvalue weighted by molar-refractivity contribution is 0.638. The van der Waals surface area contributed by atoms with Gasteiger partial charge in [0.1, 0.15) is 6.17 Å². The summed E-state index contributed by atoms with van der Waals surface area (Å²) in [6.07, 6.45) is 2.12. The standard InChI is InChI=1S/C20H15N3/c1-3-8-16-14(6-1)11-12-18(21-16)20-22-17-9-4-2-7-15(17)19-10-5-13-23(19)20/h1-13,20,22H/t20-/m0/s1. The summed E-state index contributed by atoms with van der Waals surface area (Å²) in [4.78, 5) is 4.87. The van der Waals surface area contributed by atoms with Crippen LogP contribution in [0.3, 0.4) is 0 Å². The van der Waals surface area contributed by atoms with Gasteiger partial charge in [-0.1, -0.05) is 42.5 Å². The summed E-state index contributed by atoms with van der Waals surface area (Å²) < 4.78 is 2.25. The smallest absolute Gasteiger partial charge is 0.147 e. The molecule has 1 aliphatic rings. The van der Waals surface area contributed by atoms with Gasteiger partial charge >= 0.3 is 0 Å². The summed E-state index contributed by atoms with van der Waals surface area (Å²) in [7, 11) is 0. The third kappa shape index (κ3) is 1.87. The zero-order valence-corrected chi connectivity index (χ0v) is 12.5. The van der Waals surface area contributed by atoms with E-state index in [4.69, 9.17) is 4.98 Å². The third-order valence-corrected chi connectivity index (χ3v) is 4.45. The molecule has 1 aliphatic heterocycles. The zero-order chi connectivity index (χ0) is 15.2. The predicted octanol–water partition coefficient (Wildman–Crippen LogP) is 4.68. The molecule has 0 unspecified atom stereocenters. The van der Waals surface area contributed by atoms with Crippen LogP contribution in [0.2, 0.25) is 0 Å². The molecule has 1 atom stereocenters. The number of pyridine rings is 1. The molecule has 0 amide bonds. The predicted molar refractivity (Wildman–Crippen MR) is 93.4 cm³/mol. The summed E-state index contributed by atoms with van der Waals surface area (Å²) in [6.45, 7) is 0. The molecule has 0 bridgehead atoms. The first-order chi connectivity index (χ1) is 11.4. The number of para-hydroxylation sites is 2. The van der Waals surface area contributed by atoms with Gasteiger partial charge in [0, 0.05) is 22.8 Å². The van der Waals surface area contributed by atoms with Crippen LogP contribution in [0.4, 0.5) is 5.69 Å². The molecule has 110 valence electrons. The van der Waals surface area contributed by atoms with Gasteiger partial charge in [0.05, 0.1) is 16.9 Å². The lowest BCUT2D eigenvalue weighted by Crippen LogP contribution is -2.24. The fourth-order valence-corrected chi connectivity index (χ4v) is 3.35. The van der Waals surface area contributed by atoms with Gasteiger partial charge in [-0.2, -0.15) is 0 Å². The van der Waals surface area contributed by atoms with E-state index in [-0.39, 0.29) is 6.17 Å². The first kappa shape index (κ1) is 12.5. The average molecular weight is 297 g/mol. The van der Waals surface area contributed by atoms with Gasteiger partial charge in [-0.15, -0.1) is 0 Å². The minimum atomic E-state index is 0.0134. The number of nitrogens with zero attached hydrogens (tertiary/aromatic N) is 2. The molecule has 0 saturated carbocycles. The van der Waals surface area contributed by atoms with E-state index < -0.39 is 0 Å². The van der Waals surface area contributed by atoms with Crippen LogP contribution in [0, 0.1) is 0 Å². The Bertz CT molecular complexity index is 1020. The van der Waals surface area contributed by atoms with E-state index in [0.29, 0.717) is 0 Å². The van der Waals surface area contributed by atoms with Crippen LogP contribution in [-0.2, 0) is 0 Å². The van der Waals surface area contributed by atoms with Gasteiger partial charge in [-0.25, -0.2) is 4.98 Å². The third-order valence-electron chi connectivity index (χ3n) is 4.45. The minimum absolute atomic E-state index is 0.0134. The Hall–Kier alpha value is -3.07. The van der Waals surface area contributed by atoms with Crippen molar-refractivity contribution in [2.75, 3.05) is 5.32 Å². The van der Waals surface area contributed by atoms with Crippen molar-refractivity contribution in [1.29, 1.82) is 0 Å². The van der Waals surface area contributed by atoms with Gasteiger partial charge in [-0.05, 0) is 30.3 Å². The van der Waals surface area contributed by atoms with Gasteiger partial charge in [0.2, 0.25) is 0 Å². The maximum Gasteiger partial charge on any atom is 0.147 e. The lowest BCUT2D eigenvalue weighted by Gasteiger charge is -2.30. The van der Waals surface area contributed by atoms with Crippen molar-refractivity contribution in [3.63, 3.8) is 0 Å². The van der Waals surface area contributed by atoms with E-state index in [1.165, 1.54) is 16.6 Å².